The molecule has 0 unspecified atom stereocenters. The van der Waals surface area contributed by atoms with Crippen molar-refractivity contribution in [2.24, 2.45) is 5.92 Å². The van der Waals surface area contributed by atoms with Crippen molar-refractivity contribution in [1.82, 2.24) is 4.90 Å². The quantitative estimate of drug-likeness (QED) is 0.564. The maximum atomic E-state index is 11.9. The highest BCUT2D eigenvalue weighted by atomic mass is 28.3. The highest BCUT2D eigenvalue weighted by Gasteiger charge is 2.35. The van der Waals surface area contributed by atoms with Crippen molar-refractivity contribution in [2.75, 3.05) is 13.2 Å². The molecule has 0 amide bonds. The molecule has 0 aliphatic carbocycles. The average molecular weight is 346 g/mol. The average Bonchev–Trinajstić information content (AvgIpc) is 2.51. The molecule has 1 heterocycles. The van der Waals surface area contributed by atoms with Gasteiger partial charge in [-0.3, -0.25) is 9.69 Å². The van der Waals surface area contributed by atoms with Crippen LogP contribution in [0.25, 0.3) is 0 Å². The summed E-state index contributed by atoms with van der Waals surface area (Å²) in [4.78, 5) is 14.3. The Labute approximate surface area is 147 Å². The summed E-state index contributed by atoms with van der Waals surface area (Å²) in [7, 11) is -1.19. The number of hydrogen-bond acceptors (Lipinski definition) is 3. The molecule has 132 valence electrons. The predicted molar refractivity (Wildman–Crippen MR) is 103 cm³/mol. The van der Waals surface area contributed by atoms with E-state index in [2.05, 4.69) is 74.4 Å². The Morgan fingerprint density at radius 2 is 1.92 bits per heavy atom. The summed E-state index contributed by atoms with van der Waals surface area (Å²) in [5, 5.41) is 0. The van der Waals surface area contributed by atoms with E-state index < -0.39 is 8.07 Å². The molecule has 1 aliphatic heterocycles. The molecule has 1 aromatic rings. The molecule has 1 saturated heterocycles. The Morgan fingerprint density at radius 3 is 2.50 bits per heavy atom. The van der Waals surface area contributed by atoms with Crippen LogP contribution in [0.1, 0.15) is 31.9 Å². The van der Waals surface area contributed by atoms with Gasteiger partial charge in [0.1, 0.15) is 6.61 Å². The molecule has 0 bridgehead atoms. The first kappa shape index (κ1) is 18.9. The summed E-state index contributed by atoms with van der Waals surface area (Å²) in [6, 6.07) is 10.9. The van der Waals surface area contributed by atoms with E-state index in [4.69, 9.17) is 4.74 Å². The lowest BCUT2D eigenvalue weighted by atomic mass is 9.94. The van der Waals surface area contributed by atoms with Crippen molar-refractivity contribution >= 4 is 14.0 Å². The van der Waals surface area contributed by atoms with Crippen molar-refractivity contribution in [3.8, 4) is 0 Å². The third kappa shape index (κ3) is 5.31. The summed E-state index contributed by atoms with van der Waals surface area (Å²) in [5.41, 5.74) is 3.63. The molecule has 3 nitrogen and oxygen atoms in total. The van der Waals surface area contributed by atoms with Crippen LogP contribution in [0.4, 0.5) is 0 Å². The van der Waals surface area contributed by atoms with Crippen LogP contribution < -0.4 is 0 Å². The van der Waals surface area contributed by atoms with Crippen molar-refractivity contribution in [2.45, 2.75) is 52.0 Å². The Bertz CT molecular complexity index is 563. The van der Waals surface area contributed by atoms with Gasteiger partial charge < -0.3 is 4.74 Å². The molecular weight excluding hydrogens is 314 g/mol. The van der Waals surface area contributed by atoms with Gasteiger partial charge >= 0.3 is 5.97 Å². The highest BCUT2D eigenvalue weighted by Crippen LogP contribution is 2.30. The maximum Gasteiger partial charge on any atom is 0.320 e. The molecule has 24 heavy (non-hydrogen) atoms. The molecule has 0 aromatic heterocycles. The number of esters is 1. The van der Waals surface area contributed by atoms with E-state index in [1.807, 2.05) is 6.07 Å². The van der Waals surface area contributed by atoms with Crippen molar-refractivity contribution in [1.29, 1.82) is 0 Å². The number of rotatable bonds is 6. The van der Waals surface area contributed by atoms with Gasteiger partial charge in [0, 0.05) is 6.04 Å². The minimum atomic E-state index is -1.19. The zero-order valence-corrected chi connectivity index (χ0v) is 16.7. The first-order valence-corrected chi connectivity index (χ1v) is 12.5. The van der Waals surface area contributed by atoms with E-state index in [-0.39, 0.29) is 12.0 Å². The van der Waals surface area contributed by atoms with Gasteiger partial charge in [-0.1, -0.05) is 75.6 Å². The fourth-order valence-corrected chi connectivity index (χ4v) is 4.08. The number of carbonyl (C=O) groups excluding carboxylic acids is 1. The van der Waals surface area contributed by atoms with Crippen molar-refractivity contribution in [3.05, 3.63) is 47.7 Å². The third-order valence-corrected chi connectivity index (χ3v) is 5.73. The van der Waals surface area contributed by atoms with E-state index in [1.54, 1.807) is 0 Å². The first-order valence-electron chi connectivity index (χ1n) is 8.92. The second-order valence-corrected chi connectivity index (χ2v) is 13.2. The minimum Gasteiger partial charge on any atom is -0.463 e. The van der Waals surface area contributed by atoms with Crippen LogP contribution in [-0.4, -0.2) is 38.1 Å². The molecule has 0 N–H and O–H groups in total. The molecule has 0 radical (unpaired) electrons. The summed E-state index contributed by atoms with van der Waals surface area (Å²) in [6.07, 6.45) is 3.32. The van der Waals surface area contributed by atoms with Gasteiger partial charge in [-0.25, -0.2) is 0 Å². The van der Waals surface area contributed by atoms with Crippen LogP contribution in [0.5, 0.6) is 0 Å². The first-order chi connectivity index (χ1) is 11.3. The molecule has 1 fully saturated rings. The monoisotopic (exact) mass is 345 g/mol. The molecule has 2 rings (SSSR count). The summed E-state index contributed by atoms with van der Waals surface area (Å²) in [5.74, 6) is 0.371. The van der Waals surface area contributed by atoms with Crippen LogP contribution >= 0.6 is 0 Å². The summed E-state index contributed by atoms with van der Waals surface area (Å²) >= 11 is 0. The van der Waals surface area contributed by atoms with Crippen LogP contribution in [0.2, 0.25) is 19.6 Å². The Morgan fingerprint density at radius 1 is 1.25 bits per heavy atom. The van der Waals surface area contributed by atoms with E-state index in [1.165, 1.54) is 5.56 Å². The zero-order chi connectivity index (χ0) is 17.7. The van der Waals surface area contributed by atoms with Crippen molar-refractivity contribution < 1.29 is 9.53 Å². The van der Waals surface area contributed by atoms with Gasteiger partial charge in [0.2, 0.25) is 0 Å². The number of morpholine rings is 1. The lowest BCUT2D eigenvalue weighted by molar-refractivity contribution is -0.157. The Hall–Kier alpha value is -1.39. The minimum absolute atomic E-state index is 0.109. The molecular formula is C20H31NO2Si. The zero-order valence-electron chi connectivity index (χ0n) is 15.7. The number of cyclic esters (lactones) is 1. The number of carbonyl (C=O) groups is 1. The normalized spacial score (nSPS) is 21.2. The number of ether oxygens (including phenoxy) is 1. The summed E-state index contributed by atoms with van der Waals surface area (Å²) < 4.78 is 5.37. The molecule has 0 spiro atoms. The van der Waals surface area contributed by atoms with Gasteiger partial charge in [-0.05, 0) is 17.9 Å². The maximum absolute atomic E-state index is 11.9. The fraction of sp³-hybridized carbons (Fsp3) is 0.550. The highest BCUT2D eigenvalue weighted by molar-refractivity contribution is 6.80. The molecule has 1 aromatic carbocycles. The van der Waals surface area contributed by atoms with Crippen LogP contribution in [0, 0.1) is 5.92 Å². The number of hydrogen-bond donors (Lipinski definition) is 0. The van der Waals surface area contributed by atoms with Gasteiger partial charge in [-0.15, -0.1) is 0 Å². The Balaban J connectivity index is 2.23. The van der Waals surface area contributed by atoms with E-state index in [9.17, 15) is 4.79 Å². The standard InChI is InChI=1S/C20H31NO2Si/c1-16(2)18(12-9-13-24(3,4)5)21-14-20(22)23-15-19(21)17-10-7-6-8-11-17/h6-11,13,16,18-19H,12,14-15H2,1-5H3/b13-9+/t18-,19+/m0/s1. The van der Waals surface area contributed by atoms with Crippen molar-refractivity contribution in [3.63, 3.8) is 0 Å². The van der Waals surface area contributed by atoms with E-state index in [0.29, 0.717) is 25.1 Å². The van der Waals surface area contributed by atoms with Gasteiger partial charge in [0.25, 0.3) is 0 Å². The molecule has 0 saturated carbocycles. The second kappa shape index (κ2) is 8.12. The Kier molecular flexibility index (Phi) is 6.41. The third-order valence-electron chi connectivity index (χ3n) is 4.49. The largest absolute Gasteiger partial charge is 0.463 e. The van der Waals surface area contributed by atoms with Crippen LogP contribution in [0.15, 0.2) is 42.1 Å². The summed E-state index contributed by atoms with van der Waals surface area (Å²) in [6.45, 7) is 12.4. The molecule has 1 aliphatic rings. The molecule has 2 atom stereocenters. The second-order valence-electron chi connectivity index (χ2n) is 8.10. The van der Waals surface area contributed by atoms with Crippen LogP contribution in [-0.2, 0) is 9.53 Å². The van der Waals surface area contributed by atoms with Gasteiger partial charge in [0.15, 0.2) is 0 Å². The topological polar surface area (TPSA) is 29.5 Å². The lowest BCUT2D eigenvalue weighted by Crippen LogP contribution is -2.49. The SMILES string of the molecule is CC(C)[C@H](C/C=C/[Si](C)(C)C)N1CC(=O)OC[C@@H]1c1ccccc1. The molecule has 4 heteroatoms. The van der Waals surface area contributed by atoms with E-state index in [0.717, 1.165) is 6.42 Å². The smallest absolute Gasteiger partial charge is 0.320 e. The number of nitrogens with zero attached hydrogens (tertiary/aromatic N) is 1. The predicted octanol–water partition coefficient (Wildman–Crippen LogP) is 4.43. The number of benzene rings is 1. The van der Waals surface area contributed by atoms with Gasteiger partial charge in [0.05, 0.1) is 20.7 Å². The van der Waals surface area contributed by atoms with Crippen LogP contribution in [0.3, 0.4) is 0 Å². The lowest BCUT2D eigenvalue weighted by Gasteiger charge is -2.42. The fourth-order valence-electron chi connectivity index (χ4n) is 3.24. The van der Waals surface area contributed by atoms with Gasteiger partial charge in [-0.2, -0.15) is 0 Å². The van der Waals surface area contributed by atoms with E-state index >= 15 is 0 Å².